The first kappa shape index (κ1) is 14.0. The van der Waals surface area contributed by atoms with Crippen LogP contribution in [0.1, 0.15) is 11.1 Å². The normalized spacial score (nSPS) is 28.2. The summed E-state index contributed by atoms with van der Waals surface area (Å²) in [6.07, 6.45) is 0.333. The number of ether oxygens (including phenoxy) is 1. The molecule has 0 aliphatic carbocycles. The van der Waals surface area contributed by atoms with E-state index in [0.29, 0.717) is 19.6 Å². The molecule has 3 N–H and O–H groups in total. The minimum Gasteiger partial charge on any atom is -0.480 e. The van der Waals surface area contributed by atoms with Crippen molar-refractivity contribution in [1.29, 1.82) is 0 Å². The van der Waals surface area contributed by atoms with E-state index in [1.54, 1.807) is 0 Å². The van der Waals surface area contributed by atoms with Crippen LogP contribution >= 0.6 is 0 Å². The maximum atomic E-state index is 12.6. The van der Waals surface area contributed by atoms with Crippen molar-refractivity contribution in [2.75, 3.05) is 13.2 Å². The lowest BCUT2D eigenvalue weighted by Gasteiger charge is -2.36. The summed E-state index contributed by atoms with van der Waals surface area (Å²) < 4.78 is 5.23. The molecule has 2 heterocycles. The maximum Gasteiger partial charge on any atom is 0.326 e. The van der Waals surface area contributed by atoms with Gasteiger partial charge in [0.15, 0.2) is 0 Å². The Morgan fingerprint density at radius 3 is 2.57 bits per heavy atom. The average molecular weight is 290 g/mol. The first-order valence-electron chi connectivity index (χ1n) is 7.01. The fraction of sp³-hybridized carbons (Fsp3) is 0.467. The number of carbonyl (C=O) groups excluding carboxylic acids is 1. The van der Waals surface area contributed by atoms with Crippen molar-refractivity contribution >= 4 is 11.9 Å². The molecule has 2 unspecified atom stereocenters. The fourth-order valence-electron chi connectivity index (χ4n) is 3.01. The molecular weight excluding hydrogens is 272 g/mol. The SMILES string of the molecule is NC1COCC1C(=O)N1Cc2ccccc2C[C@H]1C(=O)O. The molecule has 2 aliphatic rings. The van der Waals surface area contributed by atoms with Gasteiger partial charge in [-0.2, -0.15) is 0 Å². The van der Waals surface area contributed by atoms with Crippen molar-refractivity contribution < 1.29 is 19.4 Å². The highest BCUT2D eigenvalue weighted by Gasteiger charge is 2.41. The van der Waals surface area contributed by atoms with Crippen LogP contribution in [0.2, 0.25) is 0 Å². The number of rotatable bonds is 2. The summed E-state index contributed by atoms with van der Waals surface area (Å²) in [4.78, 5) is 25.6. The van der Waals surface area contributed by atoms with E-state index in [4.69, 9.17) is 10.5 Å². The van der Waals surface area contributed by atoms with E-state index in [-0.39, 0.29) is 18.6 Å². The van der Waals surface area contributed by atoms with Gasteiger partial charge in [0.25, 0.3) is 0 Å². The average Bonchev–Trinajstić information content (AvgIpc) is 2.91. The second-order valence-corrected chi connectivity index (χ2v) is 5.60. The lowest BCUT2D eigenvalue weighted by Crippen LogP contribution is -2.53. The number of nitrogens with two attached hydrogens (primary N) is 1. The highest BCUT2D eigenvalue weighted by molar-refractivity contribution is 5.86. The molecule has 1 aromatic carbocycles. The van der Waals surface area contributed by atoms with Gasteiger partial charge < -0.3 is 20.5 Å². The van der Waals surface area contributed by atoms with E-state index in [9.17, 15) is 14.7 Å². The van der Waals surface area contributed by atoms with Gasteiger partial charge in [-0.05, 0) is 11.1 Å². The second kappa shape index (κ2) is 5.46. The molecule has 0 spiro atoms. The van der Waals surface area contributed by atoms with Crippen molar-refractivity contribution in [2.45, 2.75) is 25.0 Å². The van der Waals surface area contributed by atoms with Crippen LogP contribution in [0.15, 0.2) is 24.3 Å². The van der Waals surface area contributed by atoms with Crippen LogP contribution in [0.4, 0.5) is 0 Å². The minimum atomic E-state index is -0.981. The summed E-state index contributed by atoms with van der Waals surface area (Å²) >= 11 is 0. The predicted octanol–water partition coefficient (Wildman–Crippen LogP) is -0.00180. The third kappa shape index (κ3) is 2.52. The maximum absolute atomic E-state index is 12.6. The number of benzene rings is 1. The van der Waals surface area contributed by atoms with Crippen LogP contribution in [0.5, 0.6) is 0 Å². The summed E-state index contributed by atoms with van der Waals surface area (Å²) in [6.45, 7) is 0.929. The van der Waals surface area contributed by atoms with Crippen molar-refractivity contribution in [2.24, 2.45) is 11.7 Å². The Kier molecular flexibility index (Phi) is 3.65. The van der Waals surface area contributed by atoms with Gasteiger partial charge in [-0.3, -0.25) is 4.79 Å². The first-order chi connectivity index (χ1) is 10.1. The van der Waals surface area contributed by atoms with Crippen LogP contribution < -0.4 is 5.73 Å². The number of nitrogens with zero attached hydrogens (tertiary/aromatic N) is 1. The Balaban J connectivity index is 1.89. The number of carbonyl (C=O) groups is 2. The van der Waals surface area contributed by atoms with Gasteiger partial charge in [-0.25, -0.2) is 4.79 Å². The number of amides is 1. The standard InChI is InChI=1S/C15H18N2O4/c16-12-8-21-7-11(12)14(18)17-6-10-4-2-1-3-9(10)5-13(17)15(19)20/h1-4,11-13H,5-8,16H2,(H,19,20)/t11?,12?,13-/m0/s1. The summed E-state index contributed by atoms with van der Waals surface area (Å²) in [7, 11) is 0. The molecule has 6 heteroatoms. The number of aliphatic carboxylic acids is 1. The number of hydrogen-bond donors (Lipinski definition) is 2. The van der Waals surface area contributed by atoms with Crippen LogP contribution in [0.25, 0.3) is 0 Å². The quantitative estimate of drug-likeness (QED) is 0.799. The van der Waals surface area contributed by atoms with E-state index in [1.165, 1.54) is 4.90 Å². The van der Waals surface area contributed by atoms with Crippen LogP contribution in [-0.2, 0) is 27.3 Å². The highest BCUT2D eigenvalue weighted by Crippen LogP contribution is 2.26. The van der Waals surface area contributed by atoms with Gasteiger partial charge >= 0.3 is 5.97 Å². The Morgan fingerprint density at radius 1 is 1.24 bits per heavy atom. The van der Waals surface area contributed by atoms with Gasteiger partial charge in [-0.15, -0.1) is 0 Å². The number of hydrogen-bond acceptors (Lipinski definition) is 4. The Hall–Kier alpha value is -1.92. The third-order valence-electron chi connectivity index (χ3n) is 4.26. The molecule has 1 amide bonds. The molecule has 0 bridgehead atoms. The van der Waals surface area contributed by atoms with E-state index in [2.05, 4.69) is 0 Å². The summed E-state index contributed by atoms with van der Waals surface area (Å²) in [5.41, 5.74) is 7.87. The topological polar surface area (TPSA) is 92.9 Å². The van der Waals surface area contributed by atoms with E-state index >= 15 is 0 Å². The number of fused-ring (bicyclic) bond motifs is 1. The minimum absolute atomic E-state index is 0.220. The Morgan fingerprint density at radius 2 is 1.95 bits per heavy atom. The molecule has 0 radical (unpaired) electrons. The second-order valence-electron chi connectivity index (χ2n) is 5.60. The smallest absolute Gasteiger partial charge is 0.326 e. The molecule has 2 aliphatic heterocycles. The predicted molar refractivity (Wildman–Crippen MR) is 74.4 cm³/mol. The monoisotopic (exact) mass is 290 g/mol. The lowest BCUT2D eigenvalue weighted by atomic mass is 9.92. The summed E-state index contributed by atoms with van der Waals surface area (Å²) in [5, 5.41) is 9.44. The Bertz CT molecular complexity index is 575. The van der Waals surface area contributed by atoms with Gasteiger partial charge in [0.1, 0.15) is 6.04 Å². The van der Waals surface area contributed by atoms with E-state index in [1.807, 2.05) is 24.3 Å². The van der Waals surface area contributed by atoms with Crippen molar-refractivity contribution in [3.8, 4) is 0 Å². The van der Waals surface area contributed by atoms with E-state index in [0.717, 1.165) is 11.1 Å². The van der Waals surface area contributed by atoms with Gasteiger partial charge in [-0.1, -0.05) is 24.3 Å². The molecular formula is C15H18N2O4. The zero-order valence-electron chi connectivity index (χ0n) is 11.6. The van der Waals surface area contributed by atoms with Crippen LogP contribution in [-0.4, -0.2) is 47.2 Å². The first-order valence-corrected chi connectivity index (χ1v) is 7.01. The molecule has 0 aromatic heterocycles. The lowest BCUT2D eigenvalue weighted by molar-refractivity contribution is -0.153. The zero-order valence-corrected chi connectivity index (χ0v) is 11.6. The molecule has 3 rings (SSSR count). The molecule has 0 saturated carbocycles. The van der Waals surface area contributed by atoms with Gasteiger partial charge in [0, 0.05) is 19.0 Å². The number of carboxylic acids is 1. The molecule has 6 nitrogen and oxygen atoms in total. The van der Waals surface area contributed by atoms with Crippen molar-refractivity contribution in [3.05, 3.63) is 35.4 Å². The summed E-state index contributed by atoms with van der Waals surface area (Å²) in [6, 6.07) is 6.43. The van der Waals surface area contributed by atoms with Crippen LogP contribution in [0.3, 0.4) is 0 Å². The van der Waals surface area contributed by atoms with Gasteiger partial charge in [0.2, 0.25) is 5.91 Å². The number of carboxylic acid groups (broad SMARTS) is 1. The molecule has 1 saturated heterocycles. The van der Waals surface area contributed by atoms with Crippen LogP contribution in [0, 0.1) is 5.92 Å². The molecule has 21 heavy (non-hydrogen) atoms. The van der Waals surface area contributed by atoms with Gasteiger partial charge in [0.05, 0.1) is 19.1 Å². The summed E-state index contributed by atoms with van der Waals surface area (Å²) in [5.74, 6) is -1.65. The molecule has 1 fully saturated rings. The third-order valence-corrected chi connectivity index (χ3v) is 4.26. The molecule has 1 aromatic rings. The highest BCUT2D eigenvalue weighted by atomic mass is 16.5. The fourth-order valence-corrected chi connectivity index (χ4v) is 3.01. The van der Waals surface area contributed by atoms with Crippen molar-refractivity contribution in [1.82, 2.24) is 4.90 Å². The largest absolute Gasteiger partial charge is 0.480 e. The van der Waals surface area contributed by atoms with E-state index < -0.39 is 17.9 Å². The Labute approximate surface area is 122 Å². The molecule has 3 atom stereocenters. The molecule has 112 valence electrons. The van der Waals surface area contributed by atoms with Crippen molar-refractivity contribution in [3.63, 3.8) is 0 Å². The zero-order chi connectivity index (χ0) is 15.0.